The number of carbonyl (C=O) groups is 3. The van der Waals surface area contributed by atoms with Gasteiger partial charge in [-0.25, -0.2) is 0 Å². The number of aromatic nitrogens is 3. The Morgan fingerprint density at radius 3 is 2.41 bits per heavy atom. The van der Waals surface area contributed by atoms with Crippen molar-refractivity contribution in [3.63, 3.8) is 0 Å². The molecule has 1 amide bonds. The maximum absolute atomic E-state index is 12.4. The summed E-state index contributed by atoms with van der Waals surface area (Å²) in [5, 5.41) is 33.7. The molecule has 0 unspecified atom stereocenters. The van der Waals surface area contributed by atoms with Crippen LogP contribution in [0.15, 0.2) is 34.2 Å². The van der Waals surface area contributed by atoms with Crippen LogP contribution in [0.5, 0.6) is 0 Å². The fraction of sp³-hybridized carbons (Fsp3) is 0.300. The average Bonchev–Trinajstić information content (AvgIpc) is 3.39. The van der Waals surface area contributed by atoms with Gasteiger partial charge in [0.05, 0.1) is 22.6 Å². The van der Waals surface area contributed by atoms with Gasteiger partial charge in [-0.15, -0.1) is 21.5 Å². The van der Waals surface area contributed by atoms with Crippen molar-refractivity contribution >= 4 is 45.9 Å². The number of nitrogens with one attached hydrogen (secondary N) is 1. The Morgan fingerprint density at radius 1 is 1.12 bits per heavy atom. The number of carboxylic acid groups (broad SMARTS) is 2. The predicted molar refractivity (Wildman–Crippen MR) is 113 cm³/mol. The van der Waals surface area contributed by atoms with Gasteiger partial charge in [0.25, 0.3) is 5.22 Å². The van der Waals surface area contributed by atoms with E-state index in [1.807, 2.05) is 13.8 Å². The smallest absolute Gasteiger partial charge is 0.277 e. The van der Waals surface area contributed by atoms with Gasteiger partial charge in [0.1, 0.15) is 5.00 Å². The Hall–Kier alpha value is -3.25. The van der Waals surface area contributed by atoms with Gasteiger partial charge in [0.15, 0.2) is 0 Å². The molecule has 0 atom stereocenters. The van der Waals surface area contributed by atoms with Gasteiger partial charge < -0.3 is 29.5 Å². The lowest BCUT2D eigenvalue weighted by molar-refractivity contribution is -0.255. The number of hydrogen-bond donors (Lipinski definition) is 1. The molecule has 0 fully saturated rings. The van der Waals surface area contributed by atoms with Crippen LogP contribution in [-0.2, 0) is 4.79 Å². The van der Waals surface area contributed by atoms with E-state index in [-0.39, 0.29) is 43.8 Å². The lowest BCUT2D eigenvalue weighted by atomic mass is 9.90. The van der Waals surface area contributed by atoms with Crippen LogP contribution in [0.1, 0.15) is 58.2 Å². The van der Waals surface area contributed by atoms with E-state index in [9.17, 15) is 24.6 Å². The molecule has 12 heteroatoms. The molecule has 0 aliphatic rings. The minimum atomic E-state index is -1.56. The van der Waals surface area contributed by atoms with E-state index in [4.69, 9.17) is 4.42 Å². The molecule has 1 N–H and O–H groups in total. The average molecular weight is 475 g/mol. The topological polar surface area (TPSA) is 161 Å². The fourth-order valence-corrected chi connectivity index (χ4v) is 4.83. The highest BCUT2D eigenvalue weighted by Gasteiger charge is 2.25. The maximum atomic E-state index is 12.4. The van der Waals surface area contributed by atoms with Crippen LogP contribution in [-0.4, -0.2) is 38.8 Å². The van der Waals surface area contributed by atoms with Crippen molar-refractivity contribution in [2.24, 2.45) is 0 Å². The quantitative estimate of drug-likeness (QED) is 0.427. The number of amides is 1. The Morgan fingerprint density at radius 2 is 1.81 bits per heavy atom. The lowest BCUT2D eigenvalue weighted by Gasteiger charge is -2.18. The summed E-state index contributed by atoms with van der Waals surface area (Å²) in [4.78, 5) is 39.5. The number of carboxylic acids is 2. The molecular weight excluding hydrogens is 456 g/mol. The molecule has 0 saturated carbocycles. The number of thioether (sulfide) groups is 1. The zero-order chi connectivity index (χ0) is 23.3. The van der Waals surface area contributed by atoms with Crippen molar-refractivity contribution in [3.05, 3.63) is 40.5 Å². The van der Waals surface area contributed by atoms with Crippen molar-refractivity contribution in [3.8, 4) is 11.5 Å². The number of hydrogen-bond acceptors (Lipinski definition) is 11. The molecule has 0 aliphatic heterocycles. The number of anilines is 1. The Labute approximate surface area is 191 Å². The van der Waals surface area contributed by atoms with Crippen molar-refractivity contribution < 1.29 is 29.0 Å². The van der Waals surface area contributed by atoms with Gasteiger partial charge in [-0.3, -0.25) is 9.78 Å². The summed E-state index contributed by atoms with van der Waals surface area (Å²) < 4.78 is 5.49. The molecule has 0 radical (unpaired) electrons. The summed E-state index contributed by atoms with van der Waals surface area (Å²) >= 11 is 1.61. The molecule has 3 aromatic heterocycles. The van der Waals surface area contributed by atoms with Crippen LogP contribution in [0.2, 0.25) is 0 Å². The Balaban J connectivity index is 1.76. The van der Waals surface area contributed by atoms with E-state index in [0.29, 0.717) is 29.7 Å². The third-order valence-electron chi connectivity index (χ3n) is 4.64. The lowest BCUT2D eigenvalue weighted by Crippen LogP contribution is -2.27. The molecule has 0 saturated heterocycles. The van der Waals surface area contributed by atoms with Gasteiger partial charge >= 0.3 is 0 Å². The summed E-state index contributed by atoms with van der Waals surface area (Å²) in [6.45, 7) is 3.65. The third kappa shape index (κ3) is 5.14. The maximum Gasteiger partial charge on any atom is 0.277 e. The summed E-state index contributed by atoms with van der Waals surface area (Å²) in [6, 6.07) is 3.39. The van der Waals surface area contributed by atoms with Crippen LogP contribution in [0.25, 0.3) is 11.5 Å². The highest BCUT2D eigenvalue weighted by molar-refractivity contribution is 7.99. The number of carbonyl (C=O) groups excluding carboxylic acids is 3. The molecule has 0 aliphatic carbocycles. The SMILES string of the molecule is CCC(CC)c1c(C(=O)[O-])sc(NC(=O)CSc2nnc(-c3ccncc3)o2)c1C(=O)[O-]. The second kappa shape index (κ2) is 10.4. The minimum absolute atomic E-state index is 0.0975. The van der Waals surface area contributed by atoms with Gasteiger partial charge in [-0.1, -0.05) is 25.6 Å². The van der Waals surface area contributed by atoms with Crippen LogP contribution >= 0.6 is 23.1 Å². The van der Waals surface area contributed by atoms with Crippen LogP contribution in [0.4, 0.5) is 5.00 Å². The first-order valence-corrected chi connectivity index (χ1v) is 11.4. The number of thiophene rings is 1. The van der Waals surface area contributed by atoms with Crippen molar-refractivity contribution in [1.29, 1.82) is 0 Å². The summed E-state index contributed by atoms with van der Waals surface area (Å²) in [5.41, 5.74) is 0.477. The monoisotopic (exact) mass is 474 g/mol. The van der Waals surface area contributed by atoms with Gasteiger partial charge in [0, 0.05) is 23.5 Å². The largest absolute Gasteiger partial charge is 0.545 e. The molecule has 3 rings (SSSR count). The van der Waals surface area contributed by atoms with E-state index in [0.717, 1.165) is 11.8 Å². The zero-order valence-corrected chi connectivity index (χ0v) is 18.7. The minimum Gasteiger partial charge on any atom is -0.545 e. The molecule has 10 nitrogen and oxygen atoms in total. The first-order valence-electron chi connectivity index (χ1n) is 9.61. The number of rotatable bonds is 10. The standard InChI is InChI=1S/C20H20N4O6S2/c1-3-10(4-2)13-14(18(26)27)17(32-15(13)19(28)29)22-12(25)9-31-20-24-23-16(30-20)11-5-7-21-8-6-11/h5-8,10H,3-4,9H2,1-2H3,(H,22,25)(H,26,27)(H,28,29)/p-2. The molecule has 3 aromatic rings. The summed E-state index contributed by atoms with van der Waals surface area (Å²) in [5.74, 6) is -3.84. The van der Waals surface area contributed by atoms with E-state index in [2.05, 4.69) is 20.5 Å². The second-order valence-electron chi connectivity index (χ2n) is 6.58. The van der Waals surface area contributed by atoms with Gasteiger partial charge in [-0.05, 0) is 36.5 Å². The highest BCUT2D eigenvalue weighted by atomic mass is 32.2. The fourth-order valence-electron chi connectivity index (χ4n) is 3.14. The van der Waals surface area contributed by atoms with Gasteiger partial charge in [-0.2, -0.15) is 0 Å². The van der Waals surface area contributed by atoms with Crippen LogP contribution in [0.3, 0.4) is 0 Å². The van der Waals surface area contributed by atoms with Crippen molar-refractivity contribution in [1.82, 2.24) is 15.2 Å². The van der Waals surface area contributed by atoms with E-state index in [1.54, 1.807) is 24.5 Å². The van der Waals surface area contributed by atoms with Gasteiger partial charge in [0.2, 0.25) is 11.8 Å². The Bertz CT molecular complexity index is 1120. The summed E-state index contributed by atoms with van der Waals surface area (Å²) in [6.07, 6.45) is 4.20. The summed E-state index contributed by atoms with van der Waals surface area (Å²) in [7, 11) is 0. The van der Waals surface area contributed by atoms with Crippen LogP contribution in [0, 0.1) is 0 Å². The Kier molecular flexibility index (Phi) is 7.59. The third-order valence-corrected chi connectivity index (χ3v) is 6.56. The van der Waals surface area contributed by atoms with E-state index >= 15 is 0 Å². The van der Waals surface area contributed by atoms with E-state index < -0.39 is 17.8 Å². The molecule has 0 spiro atoms. The molecule has 32 heavy (non-hydrogen) atoms. The van der Waals surface area contributed by atoms with Crippen LogP contribution < -0.4 is 15.5 Å². The molecule has 168 valence electrons. The predicted octanol–water partition coefficient (Wildman–Crippen LogP) is 1.55. The normalized spacial score (nSPS) is 11.0. The highest BCUT2D eigenvalue weighted by Crippen LogP contribution is 2.40. The van der Waals surface area contributed by atoms with Crippen molar-refractivity contribution in [2.75, 3.05) is 11.1 Å². The first kappa shape index (κ1) is 23.4. The molecule has 0 bridgehead atoms. The molecular formula is C20H18N4O6S2-2. The molecule has 3 heterocycles. The number of nitrogens with zero attached hydrogens (tertiary/aromatic N) is 3. The zero-order valence-electron chi connectivity index (χ0n) is 17.1. The number of pyridine rings is 1. The number of aromatic carboxylic acids is 2. The first-order chi connectivity index (χ1) is 15.3. The van der Waals surface area contributed by atoms with E-state index in [1.165, 1.54) is 0 Å². The molecule has 0 aromatic carbocycles. The van der Waals surface area contributed by atoms with Crippen molar-refractivity contribution in [2.45, 2.75) is 37.8 Å². The second-order valence-corrected chi connectivity index (χ2v) is 8.53.